The molecule has 1 amide bonds. The Balaban J connectivity index is 1.66. The highest BCUT2D eigenvalue weighted by atomic mass is 35.5. The third-order valence-electron chi connectivity index (χ3n) is 4.21. The summed E-state index contributed by atoms with van der Waals surface area (Å²) in [5, 5.41) is 0.594. The number of carbonyl (C=O) groups is 1. The van der Waals surface area contributed by atoms with E-state index in [1.807, 2.05) is 33.9 Å². The van der Waals surface area contributed by atoms with Gasteiger partial charge in [0.05, 0.1) is 17.9 Å². The van der Waals surface area contributed by atoms with Gasteiger partial charge in [0, 0.05) is 18.8 Å². The highest BCUT2D eigenvalue weighted by Gasteiger charge is 2.27. The van der Waals surface area contributed by atoms with E-state index in [1.165, 1.54) is 0 Å². The molecule has 2 heterocycles. The van der Waals surface area contributed by atoms with E-state index in [0.717, 1.165) is 19.4 Å². The Kier molecular flexibility index (Phi) is 5.09. The number of benzene rings is 1. The van der Waals surface area contributed by atoms with E-state index < -0.39 is 0 Å². The van der Waals surface area contributed by atoms with Gasteiger partial charge in [0.25, 0.3) is 5.91 Å². The van der Waals surface area contributed by atoms with Crippen molar-refractivity contribution in [2.45, 2.75) is 38.8 Å². The van der Waals surface area contributed by atoms with Crippen molar-refractivity contribution < 1.29 is 9.53 Å². The molecule has 0 radical (unpaired) electrons. The van der Waals surface area contributed by atoms with Crippen LogP contribution in [0.2, 0.25) is 5.02 Å². The van der Waals surface area contributed by atoms with Gasteiger partial charge in [-0.25, -0.2) is 4.98 Å². The zero-order valence-corrected chi connectivity index (χ0v) is 14.7. The molecule has 5 nitrogen and oxygen atoms in total. The number of imidazole rings is 1. The predicted molar refractivity (Wildman–Crippen MR) is 93.6 cm³/mol. The smallest absolute Gasteiger partial charge is 0.274 e. The normalized spacial score (nSPS) is 18.0. The summed E-state index contributed by atoms with van der Waals surface area (Å²) in [6.45, 7) is 5.41. The van der Waals surface area contributed by atoms with Crippen molar-refractivity contribution in [1.82, 2.24) is 14.5 Å². The monoisotopic (exact) mass is 347 g/mol. The SMILES string of the molecule is CC(C)n1cnc(C(=O)N2CCCC(Oc3ccccc3Cl)C2)c1. The van der Waals surface area contributed by atoms with Crippen LogP contribution >= 0.6 is 11.6 Å². The van der Waals surface area contributed by atoms with Gasteiger partial charge in [-0.1, -0.05) is 23.7 Å². The van der Waals surface area contributed by atoms with Crippen LogP contribution in [0.15, 0.2) is 36.8 Å². The molecule has 0 N–H and O–H groups in total. The fraction of sp³-hybridized carbons (Fsp3) is 0.444. The molecule has 1 fully saturated rings. The maximum absolute atomic E-state index is 12.7. The molecule has 2 aromatic rings. The number of hydrogen-bond donors (Lipinski definition) is 0. The second-order valence-corrected chi connectivity index (χ2v) is 6.77. The van der Waals surface area contributed by atoms with Crippen LogP contribution in [0.1, 0.15) is 43.2 Å². The van der Waals surface area contributed by atoms with Gasteiger partial charge in [-0.15, -0.1) is 0 Å². The van der Waals surface area contributed by atoms with Gasteiger partial charge in [-0.3, -0.25) is 4.79 Å². The van der Waals surface area contributed by atoms with Crippen molar-refractivity contribution in [3.05, 3.63) is 47.5 Å². The summed E-state index contributed by atoms with van der Waals surface area (Å²) in [5.41, 5.74) is 0.488. The summed E-state index contributed by atoms with van der Waals surface area (Å²) in [6.07, 6.45) is 5.29. The van der Waals surface area contributed by atoms with Crippen LogP contribution in [0.4, 0.5) is 0 Å². The molecule has 128 valence electrons. The second-order valence-electron chi connectivity index (χ2n) is 6.36. The fourth-order valence-electron chi connectivity index (χ4n) is 2.83. The van der Waals surface area contributed by atoms with Crippen molar-refractivity contribution in [2.75, 3.05) is 13.1 Å². The van der Waals surface area contributed by atoms with E-state index in [9.17, 15) is 4.79 Å². The lowest BCUT2D eigenvalue weighted by Gasteiger charge is -2.32. The molecular weight excluding hydrogens is 326 g/mol. The number of carbonyl (C=O) groups excluding carboxylic acids is 1. The number of piperidine rings is 1. The summed E-state index contributed by atoms with van der Waals surface area (Å²) in [5.74, 6) is 0.629. The first kappa shape index (κ1) is 16.8. The van der Waals surface area contributed by atoms with E-state index in [2.05, 4.69) is 18.8 Å². The second kappa shape index (κ2) is 7.26. The summed E-state index contributed by atoms with van der Waals surface area (Å²) in [7, 11) is 0. The highest BCUT2D eigenvalue weighted by molar-refractivity contribution is 6.32. The summed E-state index contributed by atoms with van der Waals surface area (Å²) in [6, 6.07) is 7.72. The molecule has 0 saturated carbocycles. The van der Waals surface area contributed by atoms with Crippen molar-refractivity contribution in [2.24, 2.45) is 0 Å². The van der Waals surface area contributed by atoms with Crippen LogP contribution in [0.25, 0.3) is 0 Å². The summed E-state index contributed by atoms with van der Waals surface area (Å²) in [4.78, 5) is 18.7. The number of amides is 1. The van der Waals surface area contributed by atoms with Crippen LogP contribution in [0.5, 0.6) is 5.75 Å². The van der Waals surface area contributed by atoms with Crippen molar-refractivity contribution >= 4 is 17.5 Å². The molecule has 1 unspecified atom stereocenters. The van der Waals surface area contributed by atoms with Crippen LogP contribution in [0, 0.1) is 0 Å². The third kappa shape index (κ3) is 3.73. The number of ether oxygens (including phenoxy) is 1. The summed E-state index contributed by atoms with van der Waals surface area (Å²) < 4.78 is 7.93. The first-order chi connectivity index (χ1) is 11.5. The quantitative estimate of drug-likeness (QED) is 0.845. The highest BCUT2D eigenvalue weighted by Crippen LogP contribution is 2.26. The van der Waals surface area contributed by atoms with Crippen molar-refractivity contribution in [1.29, 1.82) is 0 Å². The molecule has 0 aliphatic carbocycles. The van der Waals surface area contributed by atoms with Gasteiger partial charge < -0.3 is 14.2 Å². The maximum Gasteiger partial charge on any atom is 0.274 e. The fourth-order valence-corrected chi connectivity index (χ4v) is 3.01. The molecule has 0 bridgehead atoms. The van der Waals surface area contributed by atoms with E-state index in [0.29, 0.717) is 23.0 Å². The Labute approximate surface area is 147 Å². The standard InChI is InChI=1S/C18H22ClN3O2/c1-13(2)22-11-16(20-12-22)18(23)21-9-5-6-14(10-21)24-17-8-4-3-7-15(17)19/h3-4,7-8,11-14H,5-6,9-10H2,1-2H3. The molecule has 1 aromatic heterocycles. The van der Waals surface area contributed by atoms with Crippen LogP contribution in [-0.2, 0) is 0 Å². The lowest BCUT2D eigenvalue weighted by molar-refractivity contribution is 0.0533. The Bertz CT molecular complexity index is 714. The van der Waals surface area contributed by atoms with Gasteiger partial charge in [0.1, 0.15) is 17.5 Å². The Morgan fingerprint density at radius 1 is 1.38 bits per heavy atom. The number of hydrogen-bond acceptors (Lipinski definition) is 3. The largest absolute Gasteiger partial charge is 0.487 e. The van der Waals surface area contributed by atoms with Crippen LogP contribution < -0.4 is 4.74 Å². The third-order valence-corrected chi connectivity index (χ3v) is 4.52. The first-order valence-electron chi connectivity index (χ1n) is 8.28. The molecule has 6 heteroatoms. The molecule has 1 saturated heterocycles. The van der Waals surface area contributed by atoms with Gasteiger partial charge in [-0.2, -0.15) is 0 Å². The zero-order chi connectivity index (χ0) is 17.1. The van der Waals surface area contributed by atoms with E-state index in [4.69, 9.17) is 16.3 Å². The van der Waals surface area contributed by atoms with Crippen molar-refractivity contribution in [3.8, 4) is 5.75 Å². The van der Waals surface area contributed by atoms with E-state index in [-0.39, 0.29) is 18.1 Å². The van der Waals surface area contributed by atoms with Crippen LogP contribution in [-0.4, -0.2) is 39.6 Å². The molecule has 1 aromatic carbocycles. The van der Waals surface area contributed by atoms with Gasteiger partial charge in [0.2, 0.25) is 0 Å². The average Bonchev–Trinajstić information content (AvgIpc) is 3.07. The minimum atomic E-state index is -0.0465. The minimum Gasteiger partial charge on any atom is -0.487 e. The summed E-state index contributed by atoms with van der Waals surface area (Å²) >= 11 is 6.15. The molecule has 1 aliphatic heterocycles. The number of likely N-dealkylation sites (tertiary alicyclic amines) is 1. The van der Waals surface area contributed by atoms with E-state index in [1.54, 1.807) is 12.4 Å². The Morgan fingerprint density at radius 3 is 2.88 bits per heavy atom. The number of halogens is 1. The lowest BCUT2D eigenvalue weighted by atomic mass is 10.1. The van der Waals surface area contributed by atoms with Crippen LogP contribution in [0.3, 0.4) is 0 Å². The zero-order valence-electron chi connectivity index (χ0n) is 14.0. The maximum atomic E-state index is 12.7. The Hall–Kier alpha value is -2.01. The average molecular weight is 348 g/mol. The number of aromatic nitrogens is 2. The first-order valence-corrected chi connectivity index (χ1v) is 8.66. The number of rotatable bonds is 4. The number of nitrogens with zero attached hydrogens (tertiary/aromatic N) is 3. The lowest BCUT2D eigenvalue weighted by Crippen LogP contribution is -2.44. The van der Waals surface area contributed by atoms with Gasteiger partial charge in [-0.05, 0) is 38.8 Å². The molecule has 0 spiro atoms. The molecule has 24 heavy (non-hydrogen) atoms. The molecule has 3 rings (SSSR count). The van der Waals surface area contributed by atoms with E-state index >= 15 is 0 Å². The van der Waals surface area contributed by atoms with Gasteiger partial charge >= 0.3 is 0 Å². The molecule has 1 aliphatic rings. The Morgan fingerprint density at radius 2 is 2.17 bits per heavy atom. The predicted octanol–water partition coefficient (Wildman–Crippen LogP) is 3.80. The van der Waals surface area contributed by atoms with Crippen molar-refractivity contribution in [3.63, 3.8) is 0 Å². The minimum absolute atomic E-state index is 0.0399. The molecular formula is C18H22ClN3O2. The van der Waals surface area contributed by atoms with Gasteiger partial charge in [0.15, 0.2) is 0 Å². The molecule has 1 atom stereocenters. The number of para-hydroxylation sites is 1. The topological polar surface area (TPSA) is 47.4 Å².